The summed E-state index contributed by atoms with van der Waals surface area (Å²) in [5.74, 6) is 0. The van der Waals surface area contributed by atoms with Gasteiger partial charge in [-0.3, -0.25) is 0 Å². The highest BCUT2D eigenvalue weighted by Gasteiger charge is 2.29. The van der Waals surface area contributed by atoms with Crippen molar-refractivity contribution in [2.75, 3.05) is 7.05 Å². The monoisotopic (exact) mass is 275 g/mol. The fourth-order valence-corrected chi connectivity index (χ4v) is 2.64. The van der Waals surface area contributed by atoms with Crippen molar-refractivity contribution < 1.29 is 0 Å². The van der Waals surface area contributed by atoms with Crippen molar-refractivity contribution in [3.05, 3.63) is 12.2 Å². The molecular formula is C13H26BrN. The Morgan fingerprint density at radius 2 is 2.00 bits per heavy atom. The summed E-state index contributed by atoms with van der Waals surface area (Å²) in [6.07, 6.45) is 4.83. The minimum atomic E-state index is 0.368. The molecule has 0 aliphatic heterocycles. The zero-order chi connectivity index (χ0) is 12.1. The zero-order valence-corrected chi connectivity index (χ0v) is 12.5. The van der Waals surface area contributed by atoms with Crippen LogP contribution in [-0.2, 0) is 0 Å². The van der Waals surface area contributed by atoms with E-state index in [1.165, 1.54) is 24.8 Å². The molecule has 0 radical (unpaired) electrons. The van der Waals surface area contributed by atoms with E-state index in [4.69, 9.17) is 0 Å². The molecule has 0 spiro atoms. The van der Waals surface area contributed by atoms with Crippen LogP contribution in [0.25, 0.3) is 0 Å². The molecule has 2 heteroatoms. The van der Waals surface area contributed by atoms with Gasteiger partial charge in [0.15, 0.2) is 0 Å². The minimum Gasteiger partial charge on any atom is -0.242 e. The average molecular weight is 276 g/mol. The van der Waals surface area contributed by atoms with Gasteiger partial charge in [0.2, 0.25) is 0 Å². The van der Waals surface area contributed by atoms with Crippen LogP contribution in [0.15, 0.2) is 12.2 Å². The zero-order valence-electron chi connectivity index (χ0n) is 10.9. The molecule has 0 aromatic rings. The second-order valence-corrected chi connectivity index (χ2v) is 6.35. The molecule has 0 aliphatic rings. The molecule has 90 valence electrons. The number of nitrogens with zero attached hydrogens (tertiary/aromatic N) is 1. The molecule has 0 saturated heterocycles. The maximum Gasteiger partial charge on any atom is 0.0253 e. The predicted octanol–water partition coefficient (Wildman–Crippen LogP) is 4.78. The molecule has 0 fully saturated rings. The van der Waals surface area contributed by atoms with Gasteiger partial charge in [-0.05, 0) is 45.1 Å². The molecular weight excluding hydrogens is 250 g/mol. The van der Waals surface area contributed by atoms with Crippen LogP contribution in [0.4, 0.5) is 0 Å². The molecule has 1 nitrogen and oxygen atoms in total. The Hall–Kier alpha value is 0.180. The van der Waals surface area contributed by atoms with Gasteiger partial charge in [-0.2, -0.15) is 0 Å². The fourth-order valence-electron chi connectivity index (χ4n) is 1.88. The molecule has 0 aromatic heterocycles. The first-order valence-electron chi connectivity index (χ1n) is 5.84. The standard InChI is InChI=1S/C13H26BrN/c1-7-13(4,5)12(15(6)14)10-8-9-11(2)3/h12H,2,7-10H2,1,3-6H3. The van der Waals surface area contributed by atoms with E-state index in [1.54, 1.807) is 0 Å². The maximum atomic E-state index is 3.95. The van der Waals surface area contributed by atoms with Gasteiger partial charge in [0.1, 0.15) is 0 Å². The Kier molecular flexibility index (Phi) is 6.78. The lowest BCUT2D eigenvalue weighted by Crippen LogP contribution is -2.37. The van der Waals surface area contributed by atoms with Crippen LogP contribution in [0, 0.1) is 5.41 Å². The molecule has 0 rings (SSSR count). The molecule has 0 amide bonds. The second kappa shape index (κ2) is 6.70. The van der Waals surface area contributed by atoms with E-state index in [-0.39, 0.29) is 0 Å². The third-order valence-electron chi connectivity index (χ3n) is 3.32. The topological polar surface area (TPSA) is 3.24 Å². The Bertz CT molecular complexity index is 197. The van der Waals surface area contributed by atoms with Crippen molar-refractivity contribution in [1.82, 2.24) is 3.93 Å². The number of hydrogen-bond acceptors (Lipinski definition) is 1. The van der Waals surface area contributed by atoms with Crippen LogP contribution in [0.3, 0.4) is 0 Å². The summed E-state index contributed by atoms with van der Waals surface area (Å²) in [6.45, 7) is 13.0. The SMILES string of the molecule is C=C(C)CCCC(N(C)Br)C(C)(C)CC. The van der Waals surface area contributed by atoms with Gasteiger partial charge in [0.05, 0.1) is 0 Å². The van der Waals surface area contributed by atoms with Gasteiger partial charge >= 0.3 is 0 Å². The van der Waals surface area contributed by atoms with Crippen molar-refractivity contribution in [2.45, 2.75) is 59.4 Å². The van der Waals surface area contributed by atoms with Crippen molar-refractivity contribution in [1.29, 1.82) is 0 Å². The highest BCUT2D eigenvalue weighted by molar-refractivity contribution is 9.07. The molecule has 0 saturated carbocycles. The largest absolute Gasteiger partial charge is 0.242 e. The first-order chi connectivity index (χ1) is 6.81. The molecule has 1 atom stereocenters. The van der Waals surface area contributed by atoms with Crippen molar-refractivity contribution in [3.8, 4) is 0 Å². The van der Waals surface area contributed by atoms with E-state index in [1.807, 2.05) is 0 Å². The van der Waals surface area contributed by atoms with Crippen molar-refractivity contribution >= 4 is 16.1 Å². The number of rotatable bonds is 7. The Balaban J connectivity index is 4.23. The van der Waals surface area contributed by atoms with E-state index in [0.29, 0.717) is 11.5 Å². The average Bonchev–Trinajstić information content (AvgIpc) is 2.11. The first kappa shape index (κ1) is 15.2. The van der Waals surface area contributed by atoms with E-state index in [9.17, 15) is 0 Å². The van der Waals surface area contributed by atoms with Crippen LogP contribution >= 0.6 is 16.1 Å². The molecule has 15 heavy (non-hydrogen) atoms. The van der Waals surface area contributed by atoms with Gasteiger partial charge < -0.3 is 0 Å². The second-order valence-electron chi connectivity index (χ2n) is 5.23. The van der Waals surface area contributed by atoms with E-state index in [0.717, 1.165) is 6.42 Å². The molecule has 1 unspecified atom stereocenters. The van der Waals surface area contributed by atoms with E-state index < -0.39 is 0 Å². The van der Waals surface area contributed by atoms with Gasteiger partial charge in [-0.25, -0.2) is 3.93 Å². The summed E-state index contributed by atoms with van der Waals surface area (Å²) >= 11 is 3.60. The van der Waals surface area contributed by atoms with Crippen molar-refractivity contribution in [3.63, 3.8) is 0 Å². The lowest BCUT2D eigenvalue weighted by Gasteiger charge is -2.37. The Labute approximate surface area is 104 Å². The summed E-state index contributed by atoms with van der Waals surface area (Å²) in [4.78, 5) is 0. The molecule has 0 bridgehead atoms. The smallest absolute Gasteiger partial charge is 0.0253 e. The normalized spacial score (nSPS) is 14.3. The lowest BCUT2D eigenvalue weighted by molar-refractivity contribution is 0.173. The third kappa shape index (κ3) is 5.72. The summed E-state index contributed by atoms with van der Waals surface area (Å²) in [6, 6.07) is 0.599. The van der Waals surface area contributed by atoms with Crippen LogP contribution in [-0.4, -0.2) is 17.0 Å². The number of halogens is 1. The molecule has 0 aromatic carbocycles. The summed E-state index contributed by atoms with van der Waals surface area (Å²) < 4.78 is 2.19. The first-order valence-corrected chi connectivity index (χ1v) is 6.55. The van der Waals surface area contributed by atoms with Gasteiger partial charge in [-0.15, -0.1) is 6.58 Å². The highest BCUT2D eigenvalue weighted by Crippen LogP contribution is 2.33. The van der Waals surface area contributed by atoms with Crippen LogP contribution in [0.1, 0.15) is 53.4 Å². The molecule has 0 heterocycles. The quantitative estimate of drug-likeness (QED) is 0.478. The number of hydrogen-bond donors (Lipinski definition) is 0. The van der Waals surface area contributed by atoms with E-state index >= 15 is 0 Å². The van der Waals surface area contributed by atoms with Gasteiger partial charge in [-0.1, -0.05) is 26.3 Å². The summed E-state index contributed by atoms with van der Waals surface area (Å²) in [5, 5.41) is 0. The molecule has 0 aliphatic carbocycles. The number of allylic oxidation sites excluding steroid dienone is 1. The van der Waals surface area contributed by atoms with Crippen LogP contribution in [0.5, 0.6) is 0 Å². The fraction of sp³-hybridized carbons (Fsp3) is 0.846. The van der Waals surface area contributed by atoms with Crippen LogP contribution in [0.2, 0.25) is 0 Å². The summed E-state index contributed by atoms with van der Waals surface area (Å²) in [7, 11) is 2.11. The van der Waals surface area contributed by atoms with Gasteiger partial charge in [0.25, 0.3) is 0 Å². The molecule has 0 N–H and O–H groups in total. The Morgan fingerprint density at radius 3 is 2.33 bits per heavy atom. The Morgan fingerprint density at radius 1 is 1.47 bits per heavy atom. The third-order valence-corrected chi connectivity index (χ3v) is 3.82. The predicted molar refractivity (Wildman–Crippen MR) is 73.2 cm³/mol. The minimum absolute atomic E-state index is 0.368. The van der Waals surface area contributed by atoms with E-state index in [2.05, 4.69) is 61.4 Å². The van der Waals surface area contributed by atoms with Gasteiger partial charge in [0, 0.05) is 22.2 Å². The maximum absolute atomic E-state index is 3.95. The van der Waals surface area contributed by atoms with Crippen molar-refractivity contribution in [2.24, 2.45) is 5.41 Å². The lowest BCUT2D eigenvalue weighted by atomic mass is 9.79. The van der Waals surface area contributed by atoms with Crippen LogP contribution < -0.4 is 0 Å². The highest BCUT2D eigenvalue weighted by atomic mass is 79.9. The summed E-state index contributed by atoms with van der Waals surface area (Å²) in [5.41, 5.74) is 1.66.